The number of nitrogens with zero attached hydrogens (tertiary/aromatic N) is 3. The highest BCUT2D eigenvalue weighted by Gasteiger charge is 2.07. The number of fused-ring (bicyclic) bond motifs is 1. The van der Waals surface area contributed by atoms with Crippen LogP contribution in [0.3, 0.4) is 0 Å². The molecule has 0 saturated carbocycles. The first-order valence-electron chi connectivity index (χ1n) is 6.33. The maximum absolute atomic E-state index is 6.11. The van der Waals surface area contributed by atoms with Crippen molar-refractivity contribution >= 4 is 28.2 Å². The Morgan fingerprint density at radius 1 is 1.00 bits per heavy atom. The van der Waals surface area contributed by atoms with Gasteiger partial charge in [-0.2, -0.15) is 0 Å². The Balaban J connectivity index is 2.13. The summed E-state index contributed by atoms with van der Waals surface area (Å²) in [5, 5.41) is 1.63. The third kappa shape index (κ3) is 2.32. The number of pyridine rings is 2. The molecule has 0 saturated heterocycles. The first-order valence-corrected chi connectivity index (χ1v) is 6.71. The number of anilines is 1. The Morgan fingerprint density at radius 3 is 2.65 bits per heavy atom. The largest absolute Gasteiger partial charge is 0.375 e. The van der Waals surface area contributed by atoms with Crippen LogP contribution in [0.5, 0.6) is 0 Å². The zero-order valence-corrected chi connectivity index (χ0v) is 12.1. The van der Waals surface area contributed by atoms with Gasteiger partial charge in [-0.1, -0.05) is 23.7 Å². The zero-order chi connectivity index (χ0) is 14.1. The summed E-state index contributed by atoms with van der Waals surface area (Å²) in [5.74, 6) is 0. The molecular formula is C16H14ClN3. The monoisotopic (exact) mass is 283 g/mol. The van der Waals surface area contributed by atoms with Crippen LogP contribution in [0.25, 0.3) is 22.0 Å². The molecule has 4 heteroatoms. The molecule has 3 nitrogen and oxygen atoms in total. The standard InChI is InChI=1S/C16H14ClN3/c1-20(2)15-9-13(10-19-16(15)17)11-5-6-14-12(8-11)4-3-7-18-14/h3-10H,1-2H3. The Bertz CT molecular complexity index is 769. The minimum absolute atomic E-state index is 0.515. The molecule has 2 heterocycles. The molecule has 0 spiro atoms. The van der Waals surface area contributed by atoms with E-state index >= 15 is 0 Å². The van der Waals surface area contributed by atoms with Gasteiger partial charge in [0.05, 0.1) is 11.2 Å². The predicted molar refractivity (Wildman–Crippen MR) is 84.3 cm³/mol. The van der Waals surface area contributed by atoms with Gasteiger partial charge in [0.1, 0.15) is 0 Å². The Kier molecular flexibility index (Phi) is 3.28. The second-order valence-electron chi connectivity index (χ2n) is 4.84. The second kappa shape index (κ2) is 5.10. The van der Waals surface area contributed by atoms with Gasteiger partial charge in [0.25, 0.3) is 0 Å². The lowest BCUT2D eigenvalue weighted by Gasteiger charge is -2.15. The lowest BCUT2D eigenvalue weighted by molar-refractivity contribution is 1.11. The summed E-state index contributed by atoms with van der Waals surface area (Å²) in [6.07, 6.45) is 3.60. The van der Waals surface area contributed by atoms with Crippen LogP contribution < -0.4 is 4.90 Å². The first-order chi connectivity index (χ1) is 9.65. The number of rotatable bonds is 2. The van der Waals surface area contributed by atoms with E-state index in [-0.39, 0.29) is 0 Å². The van der Waals surface area contributed by atoms with Crippen LogP contribution in [0, 0.1) is 0 Å². The summed E-state index contributed by atoms with van der Waals surface area (Å²) < 4.78 is 0. The van der Waals surface area contributed by atoms with E-state index in [1.165, 1.54) is 0 Å². The summed E-state index contributed by atoms with van der Waals surface area (Å²) in [4.78, 5) is 10.6. The molecule has 3 rings (SSSR count). The molecule has 0 bridgehead atoms. The quantitative estimate of drug-likeness (QED) is 0.665. The molecular weight excluding hydrogens is 270 g/mol. The lowest BCUT2D eigenvalue weighted by Crippen LogP contribution is -2.09. The van der Waals surface area contributed by atoms with E-state index < -0.39 is 0 Å². The van der Waals surface area contributed by atoms with E-state index in [1.807, 2.05) is 37.2 Å². The van der Waals surface area contributed by atoms with E-state index in [4.69, 9.17) is 11.6 Å². The molecule has 20 heavy (non-hydrogen) atoms. The molecule has 0 unspecified atom stereocenters. The Morgan fingerprint density at radius 2 is 1.85 bits per heavy atom. The van der Waals surface area contributed by atoms with Gasteiger partial charge in [-0.3, -0.25) is 4.98 Å². The highest BCUT2D eigenvalue weighted by atomic mass is 35.5. The van der Waals surface area contributed by atoms with Gasteiger partial charge in [-0.15, -0.1) is 0 Å². The van der Waals surface area contributed by atoms with Crippen LogP contribution >= 0.6 is 11.6 Å². The second-order valence-corrected chi connectivity index (χ2v) is 5.20. The smallest absolute Gasteiger partial charge is 0.152 e. The minimum Gasteiger partial charge on any atom is -0.375 e. The van der Waals surface area contributed by atoms with E-state index in [1.54, 1.807) is 12.4 Å². The van der Waals surface area contributed by atoms with Gasteiger partial charge in [0.15, 0.2) is 5.15 Å². The average Bonchev–Trinajstić information content (AvgIpc) is 2.47. The molecule has 0 aliphatic heterocycles. The third-order valence-corrected chi connectivity index (χ3v) is 3.53. The summed E-state index contributed by atoms with van der Waals surface area (Å²) in [6.45, 7) is 0. The zero-order valence-electron chi connectivity index (χ0n) is 11.3. The number of hydrogen-bond donors (Lipinski definition) is 0. The highest BCUT2D eigenvalue weighted by Crippen LogP contribution is 2.29. The van der Waals surface area contributed by atoms with Crippen LogP contribution in [0.2, 0.25) is 5.15 Å². The maximum atomic E-state index is 6.11. The van der Waals surface area contributed by atoms with E-state index in [2.05, 4.69) is 28.2 Å². The fourth-order valence-corrected chi connectivity index (χ4v) is 2.44. The summed E-state index contributed by atoms with van der Waals surface area (Å²) in [5.41, 5.74) is 4.06. The minimum atomic E-state index is 0.515. The van der Waals surface area contributed by atoms with Crippen molar-refractivity contribution in [3.8, 4) is 11.1 Å². The van der Waals surface area contributed by atoms with Crippen molar-refractivity contribution < 1.29 is 0 Å². The van der Waals surface area contributed by atoms with E-state index in [9.17, 15) is 0 Å². The van der Waals surface area contributed by atoms with Crippen molar-refractivity contribution in [1.29, 1.82) is 0 Å². The van der Waals surface area contributed by atoms with Gasteiger partial charge >= 0.3 is 0 Å². The summed E-state index contributed by atoms with van der Waals surface area (Å²) >= 11 is 6.11. The topological polar surface area (TPSA) is 29.0 Å². The number of halogens is 1. The molecule has 0 aliphatic rings. The van der Waals surface area contributed by atoms with Gasteiger partial charge < -0.3 is 4.90 Å². The molecule has 3 aromatic rings. The highest BCUT2D eigenvalue weighted by molar-refractivity contribution is 6.32. The molecule has 0 radical (unpaired) electrons. The van der Waals surface area contributed by atoms with Crippen LogP contribution in [0.15, 0.2) is 48.8 Å². The first kappa shape index (κ1) is 12.9. The number of benzene rings is 1. The van der Waals surface area contributed by atoms with Crippen molar-refractivity contribution in [1.82, 2.24) is 9.97 Å². The molecule has 0 atom stereocenters. The van der Waals surface area contributed by atoms with Crippen LogP contribution in [-0.2, 0) is 0 Å². The molecule has 0 N–H and O–H groups in total. The van der Waals surface area contributed by atoms with Crippen LogP contribution in [0.4, 0.5) is 5.69 Å². The van der Waals surface area contributed by atoms with E-state index in [0.717, 1.165) is 27.7 Å². The molecule has 0 fully saturated rings. The van der Waals surface area contributed by atoms with Crippen LogP contribution in [0.1, 0.15) is 0 Å². The number of aromatic nitrogens is 2. The number of hydrogen-bond acceptors (Lipinski definition) is 3. The van der Waals surface area contributed by atoms with Crippen molar-refractivity contribution in [3.63, 3.8) is 0 Å². The molecule has 1 aromatic carbocycles. The van der Waals surface area contributed by atoms with Gasteiger partial charge in [-0.25, -0.2) is 4.98 Å². The Hall–Kier alpha value is -2.13. The molecule has 100 valence electrons. The fraction of sp³-hybridized carbons (Fsp3) is 0.125. The summed E-state index contributed by atoms with van der Waals surface area (Å²) in [6, 6.07) is 12.2. The molecule has 0 aliphatic carbocycles. The fourth-order valence-electron chi connectivity index (χ4n) is 2.16. The van der Waals surface area contributed by atoms with Crippen molar-refractivity contribution in [3.05, 3.63) is 53.9 Å². The molecule has 2 aromatic heterocycles. The lowest BCUT2D eigenvalue weighted by atomic mass is 10.0. The molecule has 0 amide bonds. The van der Waals surface area contributed by atoms with Gasteiger partial charge in [-0.05, 0) is 29.8 Å². The summed E-state index contributed by atoms with van der Waals surface area (Å²) in [7, 11) is 3.91. The normalized spacial score (nSPS) is 10.8. The van der Waals surface area contributed by atoms with Gasteiger partial charge in [0, 0.05) is 37.4 Å². The third-order valence-electron chi connectivity index (χ3n) is 3.24. The van der Waals surface area contributed by atoms with Gasteiger partial charge in [0.2, 0.25) is 0 Å². The maximum Gasteiger partial charge on any atom is 0.152 e. The van der Waals surface area contributed by atoms with Crippen molar-refractivity contribution in [2.75, 3.05) is 19.0 Å². The average molecular weight is 284 g/mol. The van der Waals surface area contributed by atoms with Crippen LogP contribution in [-0.4, -0.2) is 24.1 Å². The van der Waals surface area contributed by atoms with Crippen molar-refractivity contribution in [2.24, 2.45) is 0 Å². The predicted octanol–water partition coefficient (Wildman–Crippen LogP) is 4.02. The Labute approximate surface area is 122 Å². The van der Waals surface area contributed by atoms with E-state index in [0.29, 0.717) is 5.15 Å². The van der Waals surface area contributed by atoms with Crippen molar-refractivity contribution in [2.45, 2.75) is 0 Å². The SMILES string of the molecule is CN(C)c1cc(-c2ccc3ncccc3c2)cnc1Cl.